The van der Waals surface area contributed by atoms with Crippen LogP contribution in [-0.4, -0.2) is 3.81 Å². The van der Waals surface area contributed by atoms with Crippen LogP contribution in [0.3, 0.4) is 0 Å². The molecule has 0 fully saturated rings. The van der Waals surface area contributed by atoms with E-state index >= 15 is 0 Å². The Labute approximate surface area is 199 Å². The number of hydrogen-bond donors (Lipinski definition) is 0. The third-order valence-electron chi connectivity index (χ3n) is 5.78. The third-order valence-corrected chi connectivity index (χ3v) is 9.67. The Balaban J connectivity index is 2.03. The Hall–Kier alpha value is -2.48. The van der Waals surface area contributed by atoms with Gasteiger partial charge < -0.3 is 0 Å². The van der Waals surface area contributed by atoms with Crippen molar-refractivity contribution in [3.63, 3.8) is 0 Å². The van der Waals surface area contributed by atoms with Gasteiger partial charge >= 0.3 is 200 Å². The van der Waals surface area contributed by atoms with Crippen LogP contribution in [0.1, 0.15) is 49.4 Å². The molecule has 2 heteroatoms. The van der Waals surface area contributed by atoms with Crippen molar-refractivity contribution in [2.75, 3.05) is 0 Å². The summed E-state index contributed by atoms with van der Waals surface area (Å²) >= 11 is -2.42. The first-order valence-corrected chi connectivity index (χ1v) is 13.5. The summed E-state index contributed by atoms with van der Waals surface area (Å²) in [4.78, 5) is 0. The molecule has 3 aromatic rings. The van der Waals surface area contributed by atoms with Crippen molar-refractivity contribution in [1.29, 1.82) is 0 Å². The second kappa shape index (κ2) is 9.57. The molecule has 0 unspecified atom stereocenters. The molecule has 1 aliphatic rings. The van der Waals surface area contributed by atoms with E-state index in [-0.39, 0.29) is 5.41 Å². The minimum absolute atomic E-state index is 0.0882. The van der Waals surface area contributed by atoms with Gasteiger partial charge in [-0.2, -0.15) is 0 Å². The van der Waals surface area contributed by atoms with E-state index in [1.807, 2.05) is 0 Å². The van der Waals surface area contributed by atoms with Crippen molar-refractivity contribution in [1.82, 2.24) is 0 Å². The summed E-state index contributed by atoms with van der Waals surface area (Å²) in [6, 6.07) is 28.3. The van der Waals surface area contributed by atoms with Crippen LogP contribution < -0.4 is 3.32 Å². The summed E-state index contributed by atoms with van der Waals surface area (Å²) in [5.41, 5.74) is 6.56. The van der Waals surface area contributed by atoms with Crippen molar-refractivity contribution < 1.29 is 21.1 Å². The van der Waals surface area contributed by atoms with Crippen molar-refractivity contribution in [2.24, 2.45) is 5.41 Å². The van der Waals surface area contributed by atoms with E-state index in [4.69, 9.17) is 3.32 Å². The van der Waals surface area contributed by atoms with E-state index in [1.54, 1.807) is 0 Å². The summed E-state index contributed by atoms with van der Waals surface area (Å²) in [5, 5.41) is 0. The fraction of sp³-hybridized carbons (Fsp3) is 0.233. The summed E-state index contributed by atoms with van der Waals surface area (Å²) in [5.74, 6) is 0.995. The minimum atomic E-state index is -2.42. The van der Waals surface area contributed by atoms with Crippen LogP contribution in [0.15, 0.2) is 100 Å². The van der Waals surface area contributed by atoms with Gasteiger partial charge in [-0.3, -0.25) is 0 Å². The average molecular weight is 456 g/mol. The zero-order valence-corrected chi connectivity index (χ0v) is 21.3. The molecule has 162 valence electrons. The van der Waals surface area contributed by atoms with Gasteiger partial charge in [-0.05, 0) is 0 Å². The maximum atomic E-state index is 7.09. The standard InChI is InChI=1S/C13H10.C9H13.C8H10O.Ti/c1-3-7-12(8-4-1)11-13-9-5-2-6-10-13;1-9(2,3)8-6-4-5-7-8;1-6-3-7(2)5-8(9)4-6;/h1-10H;4,6H,5H2,1-3H3;3-5,9H,1-2H3;/q;;;+1/p-1. The molecule has 0 amide bonds. The molecule has 4 rings (SSSR count). The molecule has 0 bridgehead atoms. The molecule has 0 spiro atoms. The summed E-state index contributed by atoms with van der Waals surface area (Å²) in [7, 11) is 0. The Bertz CT molecular complexity index is 1130. The summed E-state index contributed by atoms with van der Waals surface area (Å²) in [6.45, 7) is 11.2. The molecular weight excluding hydrogens is 424 g/mol. The second-order valence-electron chi connectivity index (χ2n) is 9.61. The quantitative estimate of drug-likeness (QED) is 0.357. The Morgan fingerprint density at radius 1 is 0.781 bits per heavy atom. The number of benzene rings is 3. The molecule has 0 heterocycles. The SMILES string of the molecule is Cc1cc(C)cc([O][Ti]([C]2=C(C(C)(C)C)C=CC2)=[C](c2ccccc2)c2ccccc2)c1. The second-order valence-corrected chi connectivity index (χ2v) is 12.7. The van der Waals surface area contributed by atoms with Crippen molar-refractivity contribution in [2.45, 2.75) is 41.0 Å². The molecule has 1 aliphatic carbocycles. The molecule has 0 saturated carbocycles. The van der Waals surface area contributed by atoms with Crippen LogP contribution in [0.4, 0.5) is 0 Å². The Kier molecular flexibility index (Phi) is 6.79. The van der Waals surface area contributed by atoms with E-state index in [0.29, 0.717) is 0 Å². The van der Waals surface area contributed by atoms with Gasteiger partial charge in [0, 0.05) is 0 Å². The van der Waals surface area contributed by atoms with Crippen LogP contribution in [0.5, 0.6) is 5.75 Å². The van der Waals surface area contributed by atoms with Gasteiger partial charge in [-0.1, -0.05) is 0 Å². The van der Waals surface area contributed by atoms with Crippen molar-refractivity contribution in [3.05, 3.63) is 123 Å². The molecule has 1 nitrogen and oxygen atoms in total. The van der Waals surface area contributed by atoms with Crippen LogP contribution in [0.25, 0.3) is 0 Å². The van der Waals surface area contributed by atoms with Gasteiger partial charge in [0.15, 0.2) is 0 Å². The first kappa shape index (κ1) is 22.7. The van der Waals surface area contributed by atoms with Crippen LogP contribution in [0.2, 0.25) is 0 Å². The van der Waals surface area contributed by atoms with Gasteiger partial charge in [-0.15, -0.1) is 0 Å². The van der Waals surface area contributed by atoms with Gasteiger partial charge in [0.05, 0.1) is 0 Å². The van der Waals surface area contributed by atoms with Crippen molar-refractivity contribution >= 4 is 3.81 Å². The van der Waals surface area contributed by atoms with Crippen molar-refractivity contribution in [3.8, 4) is 5.75 Å². The predicted octanol–water partition coefficient (Wildman–Crippen LogP) is 7.74. The van der Waals surface area contributed by atoms with Gasteiger partial charge in [0.2, 0.25) is 0 Å². The number of aryl methyl sites for hydroxylation is 2. The Morgan fingerprint density at radius 2 is 1.31 bits per heavy atom. The number of allylic oxidation sites excluding steroid dienone is 4. The van der Waals surface area contributed by atoms with E-state index in [1.165, 1.54) is 35.5 Å². The van der Waals surface area contributed by atoms with Gasteiger partial charge in [0.1, 0.15) is 0 Å². The normalized spacial score (nSPS) is 13.4. The molecule has 0 saturated heterocycles. The van der Waals surface area contributed by atoms with Crippen LogP contribution in [0, 0.1) is 19.3 Å². The summed E-state index contributed by atoms with van der Waals surface area (Å²) < 4.78 is 9.98. The first-order valence-electron chi connectivity index (χ1n) is 11.3. The molecular formula is C30H32OTi. The van der Waals surface area contributed by atoms with E-state index < -0.39 is 17.8 Å². The molecule has 0 N–H and O–H groups in total. The average Bonchev–Trinajstić information content (AvgIpc) is 3.25. The number of rotatable bonds is 5. The summed E-state index contributed by atoms with van der Waals surface area (Å²) in [6.07, 6.45) is 5.64. The maximum absolute atomic E-state index is 7.09. The molecule has 0 aromatic heterocycles. The molecule has 32 heavy (non-hydrogen) atoms. The first-order chi connectivity index (χ1) is 15.3. The van der Waals surface area contributed by atoms with Gasteiger partial charge in [0.25, 0.3) is 0 Å². The number of hydrogen-bond acceptors (Lipinski definition) is 1. The molecule has 0 aliphatic heterocycles. The van der Waals surface area contributed by atoms with Crippen LogP contribution >= 0.6 is 0 Å². The van der Waals surface area contributed by atoms with E-state index in [0.717, 1.165) is 12.2 Å². The third kappa shape index (κ3) is 5.12. The zero-order chi connectivity index (χ0) is 22.7. The molecule has 0 radical (unpaired) electrons. The predicted molar refractivity (Wildman–Crippen MR) is 133 cm³/mol. The monoisotopic (exact) mass is 456 g/mol. The fourth-order valence-corrected chi connectivity index (χ4v) is 8.72. The topological polar surface area (TPSA) is 9.23 Å². The molecule has 0 atom stereocenters. The van der Waals surface area contributed by atoms with Gasteiger partial charge in [-0.25, -0.2) is 0 Å². The fourth-order valence-electron chi connectivity index (χ4n) is 4.43. The Morgan fingerprint density at radius 3 is 1.81 bits per heavy atom. The molecule has 3 aromatic carbocycles. The zero-order valence-electron chi connectivity index (χ0n) is 19.8. The van der Waals surface area contributed by atoms with Crippen LogP contribution in [-0.2, 0) is 17.8 Å². The van der Waals surface area contributed by atoms with E-state index in [2.05, 4.69) is 126 Å². The van der Waals surface area contributed by atoms with E-state index in [9.17, 15) is 0 Å².